The average Bonchev–Trinajstić information content (AvgIpc) is 2.11. The summed E-state index contributed by atoms with van der Waals surface area (Å²) in [5.74, 6) is 0.304. The third-order valence-corrected chi connectivity index (χ3v) is 3.09. The van der Waals surface area contributed by atoms with E-state index in [0.717, 1.165) is 19.1 Å². The summed E-state index contributed by atoms with van der Waals surface area (Å²) in [4.78, 5) is 13.2. The fourth-order valence-corrected chi connectivity index (χ4v) is 2.49. The molecule has 1 aliphatic rings. The number of nitrogens with zero attached hydrogens (tertiary/aromatic N) is 1. The van der Waals surface area contributed by atoms with Crippen molar-refractivity contribution in [2.24, 2.45) is 5.92 Å². The molecule has 13 heavy (non-hydrogen) atoms. The highest BCUT2D eigenvalue weighted by atomic mass is 16.1. The van der Waals surface area contributed by atoms with Gasteiger partial charge >= 0.3 is 0 Å². The summed E-state index contributed by atoms with van der Waals surface area (Å²) in [5.41, 5.74) is 0. The monoisotopic (exact) mass is 183 g/mol. The zero-order chi connectivity index (χ0) is 9.84. The molecule has 76 valence electrons. The van der Waals surface area contributed by atoms with E-state index in [2.05, 4.69) is 25.7 Å². The number of carbonyl (C=O) groups excluding carboxylic acids is 1. The Bertz CT molecular complexity index is 157. The van der Waals surface area contributed by atoms with Crippen LogP contribution in [0.5, 0.6) is 0 Å². The minimum atomic E-state index is 0.304. The lowest BCUT2D eigenvalue weighted by atomic mass is 9.88. The van der Waals surface area contributed by atoms with Crippen LogP contribution in [0, 0.1) is 5.92 Å². The van der Waals surface area contributed by atoms with Gasteiger partial charge in [-0.1, -0.05) is 6.92 Å². The molecule has 0 aliphatic carbocycles. The molecule has 0 aromatic heterocycles. The minimum Gasteiger partial charge on any atom is -0.303 e. The molecule has 1 aliphatic heterocycles. The highest BCUT2D eigenvalue weighted by Crippen LogP contribution is 2.26. The Labute approximate surface area is 81.3 Å². The van der Waals surface area contributed by atoms with Crippen molar-refractivity contribution in [1.82, 2.24) is 4.90 Å². The molecule has 0 aromatic carbocycles. The topological polar surface area (TPSA) is 20.3 Å². The normalized spacial score (nSPS) is 36.1. The van der Waals surface area contributed by atoms with E-state index in [4.69, 9.17) is 0 Å². The predicted octanol–water partition coefficient (Wildman–Crippen LogP) is 2.08. The second-order valence-electron chi connectivity index (χ2n) is 4.30. The molecule has 0 aromatic rings. The van der Waals surface area contributed by atoms with Crippen LogP contribution in [0.4, 0.5) is 0 Å². The SMILES string of the molecule is CCCN1C(C)CC(C=O)CC1C. The van der Waals surface area contributed by atoms with E-state index in [1.807, 2.05) is 0 Å². The Hall–Kier alpha value is -0.370. The van der Waals surface area contributed by atoms with Gasteiger partial charge in [0.2, 0.25) is 0 Å². The maximum Gasteiger partial charge on any atom is 0.123 e. The van der Waals surface area contributed by atoms with E-state index in [1.54, 1.807) is 0 Å². The first-order valence-electron chi connectivity index (χ1n) is 5.40. The van der Waals surface area contributed by atoms with Gasteiger partial charge in [0.05, 0.1) is 0 Å². The van der Waals surface area contributed by atoms with E-state index in [0.29, 0.717) is 18.0 Å². The lowest BCUT2D eigenvalue weighted by molar-refractivity contribution is -0.113. The molecule has 0 N–H and O–H groups in total. The molecule has 0 bridgehead atoms. The Kier molecular flexibility index (Phi) is 3.91. The predicted molar refractivity (Wildman–Crippen MR) is 54.7 cm³/mol. The number of aldehydes is 1. The maximum absolute atomic E-state index is 10.7. The molecule has 2 nitrogen and oxygen atoms in total. The van der Waals surface area contributed by atoms with Gasteiger partial charge in [-0.3, -0.25) is 4.90 Å². The summed E-state index contributed by atoms with van der Waals surface area (Å²) in [7, 11) is 0. The second-order valence-corrected chi connectivity index (χ2v) is 4.30. The van der Waals surface area contributed by atoms with E-state index in [-0.39, 0.29) is 0 Å². The molecular formula is C11H21NO. The number of hydrogen-bond acceptors (Lipinski definition) is 2. The summed E-state index contributed by atoms with van der Waals surface area (Å²) in [5, 5.41) is 0. The van der Waals surface area contributed by atoms with Crippen LogP contribution < -0.4 is 0 Å². The van der Waals surface area contributed by atoms with Crippen LogP contribution in [0.3, 0.4) is 0 Å². The maximum atomic E-state index is 10.7. The molecule has 0 spiro atoms. The molecule has 2 atom stereocenters. The first-order valence-corrected chi connectivity index (χ1v) is 5.40. The summed E-state index contributed by atoms with van der Waals surface area (Å²) in [6, 6.07) is 1.16. The van der Waals surface area contributed by atoms with E-state index in [1.165, 1.54) is 13.0 Å². The third-order valence-electron chi connectivity index (χ3n) is 3.09. The Morgan fingerprint density at radius 3 is 2.23 bits per heavy atom. The highest BCUT2D eigenvalue weighted by Gasteiger charge is 2.29. The quantitative estimate of drug-likeness (QED) is 0.624. The molecule has 0 saturated carbocycles. The molecule has 2 heteroatoms. The van der Waals surface area contributed by atoms with E-state index < -0.39 is 0 Å². The molecule has 2 unspecified atom stereocenters. The smallest absolute Gasteiger partial charge is 0.123 e. The molecule has 1 rings (SSSR count). The van der Waals surface area contributed by atoms with Crippen molar-refractivity contribution in [2.45, 2.75) is 52.1 Å². The first kappa shape index (κ1) is 10.7. The van der Waals surface area contributed by atoms with E-state index >= 15 is 0 Å². The van der Waals surface area contributed by atoms with Crippen LogP contribution in [0.1, 0.15) is 40.0 Å². The van der Waals surface area contributed by atoms with Crippen molar-refractivity contribution in [3.63, 3.8) is 0 Å². The second kappa shape index (κ2) is 4.75. The van der Waals surface area contributed by atoms with Gasteiger partial charge in [0.15, 0.2) is 0 Å². The van der Waals surface area contributed by atoms with Gasteiger partial charge in [-0.15, -0.1) is 0 Å². The molecule has 0 radical (unpaired) electrons. The van der Waals surface area contributed by atoms with Gasteiger partial charge < -0.3 is 4.79 Å². The first-order chi connectivity index (χ1) is 6.19. The van der Waals surface area contributed by atoms with Crippen molar-refractivity contribution in [2.75, 3.05) is 6.54 Å². The number of likely N-dealkylation sites (tertiary alicyclic amines) is 1. The molecule has 1 saturated heterocycles. The van der Waals surface area contributed by atoms with Gasteiger partial charge in [0.1, 0.15) is 6.29 Å². The molecule has 1 fully saturated rings. The molecule has 1 heterocycles. The summed E-state index contributed by atoms with van der Waals surface area (Å²) in [6.45, 7) is 7.86. The van der Waals surface area contributed by atoms with Crippen molar-refractivity contribution >= 4 is 6.29 Å². The van der Waals surface area contributed by atoms with Crippen molar-refractivity contribution < 1.29 is 4.79 Å². The van der Waals surface area contributed by atoms with Gasteiger partial charge in [-0.25, -0.2) is 0 Å². The van der Waals surface area contributed by atoms with Crippen LogP contribution in [-0.2, 0) is 4.79 Å². The zero-order valence-electron chi connectivity index (χ0n) is 8.99. The van der Waals surface area contributed by atoms with Crippen LogP contribution in [0.15, 0.2) is 0 Å². The molecular weight excluding hydrogens is 162 g/mol. The third kappa shape index (κ3) is 2.53. The van der Waals surface area contributed by atoms with Crippen LogP contribution in [0.25, 0.3) is 0 Å². The Balaban J connectivity index is 2.53. The number of rotatable bonds is 3. The minimum absolute atomic E-state index is 0.304. The van der Waals surface area contributed by atoms with Crippen molar-refractivity contribution in [1.29, 1.82) is 0 Å². The lowest BCUT2D eigenvalue weighted by Crippen LogP contribution is -2.47. The van der Waals surface area contributed by atoms with Crippen LogP contribution >= 0.6 is 0 Å². The van der Waals surface area contributed by atoms with Gasteiger partial charge in [0.25, 0.3) is 0 Å². The Morgan fingerprint density at radius 1 is 1.31 bits per heavy atom. The number of piperidine rings is 1. The van der Waals surface area contributed by atoms with Gasteiger partial charge in [0, 0.05) is 18.0 Å². The Morgan fingerprint density at radius 2 is 1.85 bits per heavy atom. The summed E-state index contributed by atoms with van der Waals surface area (Å²) < 4.78 is 0. The fourth-order valence-electron chi connectivity index (χ4n) is 2.49. The zero-order valence-corrected chi connectivity index (χ0v) is 8.99. The number of hydrogen-bond donors (Lipinski definition) is 0. The van der Waals surface area contributed by atoms with Gasteiger partial charge in [-0.05, 0) is 39.7 Å². The van der Waals surface area contributed by atoms with Crippen molar-refractivity contribution in [3.05, 3.63) is 0 Å². The molecule has 0 amide bonds. The van der Waals surface area contributed by atoms with Crippen molar-refractivity contribution in [3.8, 4) is 0 Å². The van der Waals surface area contributed by atoms with Crippen LogP contribution in [0.2, 0.25) is 0 Å². The summed E-state index contributed by atoms with van der Waals surface area (Å²) in [6.07, 6.45) is 4.44. The van der Waals surface area contributed by atoms with Crippen LogP contribution in [-0.4, -0.2) is 29.8 Å². The lowest BCUT2D eigenvalue weighted by Gasteiger charge is -2.41. The largest absolute Gasteiger partial charge is 0.303 e. The van der Waals surface area contributed by atoms with E-state index in [9.17, 15) is 4.79 Å². The average molecular weight is 183 g/mol. The van der Waals surface area contributed by atoms with Gasteiger partial charge in [-0.2, -0.15) is 0 Å². The summed E-state index contributed by atoms with van der Waals surface area (Å²) >= 11 is 0. The standard InChI is InChI=1S/C11H21NO/c1-4-5-12-9(2)6-11(8-13)7-10(12)3/h8-11H,4-7H2,1-3H3. The fraction of sp³-hybridized carbons (Fsp3) is 0.909. The number of carbonyl (C=O) groups is 1. The highest BCUT2D eigenvalue weighted by molar-refractivity contribution is 5.53.